The molecular weight excluding hydrogens is 274 g/mol. The third-order valence-electron chi connectivity index (χ3n) is 2.96. The zero-order valence-electron chi connectivity index (χ0n) is 10.6. The van der Waals surface area contributed by atoms with Crippen LogP contribution in [0.3, 0.4) is 0 Å². The molecule has 4 nitrogen and oxygen atoms in total. The van der Waals surface area contributed by atoms with Crippen molar-refractivity contribution < 1.29 is 4.79 Å². The molecular formula is C15H12ClN3O. The minimum atomic E-state index is -0.140. The van der Waals surface area contributed by atoms with Crippen LogP contribution in [0.25, 0.3) is 5.52 Å². The zero-order valence-corrected chi connectivity index (χ0v) is 11.3. The lowest BCUT2D eigenvalue weighted by atomic mass is 10.2. The molecule has 0 atom stereocenters. The molecule has 0 spiro atoms. The topological polar surface area (TPSA) is 46.4 Å². The van der Waals surface area contributed by atoms with Crippen LogP contribution >= 0.6 is 11.6 Å². The smallest absolute Gasteiger partial charge is 0.251 e. The van der Waals surface area contributed by atoms with Gasteiger partial charge in [-0.1, -0.05) is 17.7 Å². The SMILES string of the molecule is O=C(NCc1cc2ccccn2n1)c1ccc(Cl)cc1. The summed E-state index contributed by atoms with van der Waals surface area (Å²) in [6.07, 6.45) is 1.87. The highest BCUT2D eigenvalue weighted by molar-refractivity contribution is 6.30. The molecule has 0 aliphatic carbocycles. The first-order valence-electron chi connectivity index (χ1n) is 6.19. The lowest BCUT2D eigenvalue weighted by Crippen LogP contribution is -2.22. The Kier molecular flexibility index (Phi) is 3.39. The molecule has 0 saturated heterocycles. The number of carbonyl (C=O) groups excluding carboxylic acids is 1. The van der Waals surface area contributed by atoms with Gasteiger partial charge in [0.1, 0.15) is 0 Å². The van der Waals surface area contributed by atoms with E-state index in [1.807, 2.05) is 30.5 Å². The number of hydrogen-bond acceptors (Lipinski definition) is 2. The molecule has 0 bridgehead atoms. The van der Waals surface area contributed by atoms with Gasteiger partial charge in [-0.25, -0.2) is 4.52 Å². The standard InChI is InChI=1S/C15H12ClN3O/c16-12-6-4-11(5-7-12)15(20)17-10-13-9-14-3-1-2-8-19(14)18-13/h1-9H,10H2,(H,17,20). The van der Waals surface area contributed by atoms with Gasteiger partial charge in [0.05, 0.1) is 17.8 Å². The van der Waals surface area contributed by atoms with Crippen molar-refractivity contribution in [3.8, 4) is 0 Å². The fraction of sp³-hybridized carbons (Fsp3) is 0.0667. The first-order chi connectivity index (χ1) is 9.72. The van der Waals surface area contributed by atoms with E-state index < -0.39 is 0 Å². The van der Waals surface area contributed by atoms with Gasteiger partial charge in [-0.15, -0.1) is 0 Å². The van der Waals surface area contributed by atoms with Crippen LogP contribution in [0, 0.1) is 0 Å². The van der Waals surface area contributed by atoms with Gasteiger partial charge >= 0.3 is 0 Å². The number of carbonyl (C=O) groups is 1. The second-order valence-electron chi connectivity index (χ2n) is 4.40. The average molecular weight is 286 g/mol. The van der Waals surface area contributed by atoms with Crippen LogP contribution in [0.4, 0.5) is 0 Å². The molecule has 2 aromatic heterocycles. The van der Waals surface area contributed by atoms with Crippen LogP contribution in [-0.2, 0) is 6.54 Å². The van der Waals surface area contributed by atoms with Gasteiger partial charge in [-0.05, 0) is 42.5 Å². The number of pyridine rings is 1. The maximum Gasteiger partial charge on any atom is 0.251 e. The maximum absolute atomic E-state index is 12.0. The molecule has 100 valence electrons. The zero-order chi connectivity index (χ0) is 13.9. The molecule has 2 heterocycles. The third-order valence-corrected chi connectivity index (χ3v) is 3.21. The van der Waals surface area contributed by atoms with E-state index >= 15 is 0 Å². The monoisotopic (exact) mass is 285 g/mol. The minimum Gasteiger partial charge on any atom is -0.346 e. The number of nitrogens with one attached hydrogen (secondary N) is 1. The highest BCUT2D eigenvalue weighted by Crippen LogP contribution is 2.10. The molecule has 0 unspecified atom stereocenters. The van der Waals surface area contributed by atoms with Gasteiger partial charge in [0.15, 0.2) is 0 Å². The van der Waals surface area contributed by atoms with Crippen molar-refractivity contribution in [3.63, 3.8) is 0 Å². The molecule has 0 aliphatic rings. The Balaban J connectivity index is 1.69. The first-order valence-corrected chi connectivity index (χ1v) is 6.57. The maximum atomic E-state index is 12.0. The minimum absolute atomic E-state index is 0.140. The summed E-state index contributed by atoms with van der Waals surface area (Å²) in [5, 5.41) is 7.82. The fourth-order valence-electron chi connectivity index (χ4n) is 1.95. The lowest BCUT2D eigenvalue weighted by Gasteiger charge is -2.03. The van der Waals surface area contributed by atoms with E-state index in [2.05, 4.69) is 10.4 Å². The predicted molar refractivity (Wildman–Crippen MR) is 77.8 cm³/mol. The molecule has 1 amide bonds. The van der Waals surface area contributed by atoms with Crippen molar-refractivity contribution in [1.82, 2.24) is 14.9 Å². The van der Waals surface area contributed by atoms with E-state index in [0.717, 1.165) is 11.2 Å². The number of benzene rings is 1. The summed E-state index contributed by atoms with van der Waals surface area (Å²) in [5.74, 6) is -0.140. The normalized spacial score (nSPS) is 10.7. The van der Waals surface area contributed by atoms with Crippen LogP contribution in [0.5, 0.6) is 0 Å². The average Bonchev–Trinajstić information content (AvgIpc) is 2.88. The van der Waals surface area contributed by atoms with E-state index in [9.17, 15) is 4.79 Å². The number of fused-ring (bicyclic) bond motifs is 1. The largest absolute Gasteiger partial charge is 0.346 e. The van der Waals surface area contributed by atoms with Gasteiger partial charge in [0.25, 0.3) is 5.91 Å². The van der Waals surface area contributed by atoms with E-state index in [0.29, 0.717) is 17.1 Å². The molecule has 0 aliphatic heterocycles. The second kappa shape index (κ2) is 5.35. The highest BCUT2D eigenvalue weighted by Gasteiger charge is 2.06. The lowest BCUT2D eigenvalue weighted by molar-refractivity contribution is 0.0950. The summed E-state index contributed by atoms with van der Waals surface area (Å²) in [6, 6.07) is 14.6. The van der Waals surface area contributed by atoms with E-state index in [-0.39, 0.29) is 5.91 Å². The summed E-state index contributed by atoms with van der Waals surface area (Å²) >= 11 is 5.79. The Bertz CT molecular complexity index is 716. The molecule has 0 radical (unpaired) electrons. The summed E-state index contributed by atoms with van der Waals surface area (Å²) in [7, 11) is 0. The highest BCUT2D eigenvalue weighted by atomic mass is 35.5. The van der Waals surface area contributed by atoms with Crippen molar-refractivity contribution in [3.05, 3.63) is 71.0 Å². The molecule has 0 saturated carbocycles. The van der Waals surface area contributed by atoms with Crippen LogP contribution in [0.1, 0.15) is 16.1 Å². The van der Waals surface area contributed by atoms with Crippen molar-refractivity contribution >= 4 is 23.0 Å². The molecule has 3 rings (SSSR count). The van der Waals surface area contributed by atoms with E-state index in [1.54, 1.807) is 28.8 Å². The Morgan fingerprint density at radius 3 is 2.75 bits per heavy atom. The molecule has 3 aromatic rings. The summed E-state index contributed by atoms with van der Waals surface area (Å²) in [6.45, 7) is 0.392. The van der Waals surface area contributed by atoms with Gasteiger partial charge in [-0.3, -0.25) is 4.79 Å². The van der Waals surface area contributed by atoms with Crippen LogP contribution in [0.15, 0.2) is 54.7 Å². The quantitative estimate of drug-likeness (QED) is 0.804. The van der Waals surface area contributed by atoms with Crippen molar-refractivity contribution in [1.29, 1.82) is 0 Å². The molecule has 5 heteroatoms. The summed E-state index contributed by atoms with van der Waals surface area (Å²) in [4.78, 5) is 12.0. The van der Waals surface area contributed by atoms with Crippen LogP contribution < -0.4 is 5.32 Å². The van der Waals surface area contributed by atoms with Gasteiger partial charge in [0.2, 0.25) is 0 Å². The van der Waals surface area contributed by atoms with Crippen molar-refractivity contribution in [2.24, 2.45) is 0 Å². The first kappa shape index (κ1) is 12.7. The molecule has 0 fully saturated rings. The summed E-state index contributed by atoms with van der Waals surface area (Å²) in [5.41, 5.74) is 2.40. The number of hydrogen-bond donors (Lipinski definition) is 1. The van der Waals surface area contributed by atoms with Gasteiger partial charge in [-0.2, -0.15) is 5.10 Å². The number of nitrogens with zero attached hydrogens (tertiary/aromatic N) is 2. The number of rotatable bonds is 3. The number of aromatic nitrogens is 2. The van der Waals surface area contributed by atoms with Gasteiger partial charge in [0, 0.05) is 16.8 Å². The molecule has 20 heavy (non-hydrogen) atoms. The Labute approximate surface area is 121 Å². The molecule has 1 aromatic carbocycles. The Morgan fingerprint density at radius 2 is 2.00 bits per heavy atom. The predicted octanol–water partition coefficient (Wildman–Crippen LogP) is 2.92. The fourth-order valence-corrected chi connectivity index (χ4v) is 2.08. The van der Waals surface area contributed by atoms with Crippen molar-refractivity contribution in [2.45, 2.75) is 6.54 Å². The third kappa shape index (κ3) is 2.65. The van der Waals surface area contributed by atoms with Crippen LogP contribution in [-0.4, -0.2) is 15.5 Å². The Morgan fingerprint density at radius 1 is 1.20 bits per heavy atom. The molecule has 1 N–H and O–H groups in total. The Hall–Kier alpha value is -2.33. The number of amides is 1. The van der Waals surface area contributed by atoms with Crippen molar-refractivity contribution in [2.75, 3.05) is 0 Å². The van der Waals surface area contributed by atoms with E-state index in [4.69, 9.17) is 11.6 Å². The second-order valence-corrected chi connectivity index (χ2v) is 4.83. The summed E-state index contributed by atoms with van der Waals surface area (Å²) < 4.78 is 1.78. The number of halogens is 1. The van der Waals surface area contributed by atoms with Gasteiger partial charge < -0.3 is 5.32 Å². The van der Waals surface area contributed by atoms with E-state index in [1.165, 1.54) is 0 Å². The van der Waals surface area contributed by atoms with Crippen LogP contribution in [0.2, 0.25) is 5.02 Å².